The fraction of sp³-hybridized carbons (Fsp3) is 0.250. The first-order valence-corrected chi connectivity index (χ1v) is 19.5. The van der Waals surface area contributed by atoms with Crippen molar-refractivity contribution in [2.45, 2.75) is 51.0 Å². The van der Waals surface area contributed by atoms with Crippen molar-refractivity contribution in [1.29, 1.82) is 0 Å². The zero-order valence-corrected chi connectivity index (χ0v) is 34.0. The van der Waals surface area contributed by atoms with Crippen LogP contribution in [0.15, 0.2) is 122 Å². The number of anilines is 2. The van der Waals surface area contributed by atoms with E-state index in [2.05, 4.69) is 25.9 Å². The zero-order valence-electron chi connectivity index (χ0n) is 32.5. The fourth-order valence-corrected chi connectivity index (χ4v) is 5.89. The Kier molecular flexibility index (Phi) is 17.1. The van der Waals surface area contributed by atoms with Gasteiger partial charge in [-0.05, 0) is 123 Å². The first kappa shape index (κ1) is 44.8. The van der Waals surface area contributed by atoms with Gasteiger partial charge >= 0.3 is 6.09 Å². The number of pyridine rings is 2. The minimum Gasteiger partial charge on any atom is -0.508 e. The number of nitrogens with one attached hydrogen (secondary N) is 3. The van der Waals surface area contributed by atoms with E-state index in [-0.39, 0.29) is 41.1 Å². The summed E-state index contributed by atoms with van der Waals surface area (Å²) in [5, 5.41) is 31.8. The van der Waals surface area contributed by atoms with Crippen LogP contribution in [-0.4, -0.2) is 62.1 Å². The summed E-state index contributed by atoms with van der Waals surface area (Å²) in [6.07, 6.45) is 7.36. The lowest BCUT2D eigenvalue weighted by Crippen LogP contribution is -2.34. The van der Waals surface area contributed by atoms with Crippen molar-refractivity contribution in [1.82, 2.24) is 15.3 Å². The van der Waals surface area contributed by atoms with Gasteiger partial charge in [-0.15, -0.1) is 23.2 Å². The Hall–Kier alpha value is -5.95. The molecule has 0 aliphatic rings. The molecule has 0 saturated heterocycles. The van der Waals surface area contributed by atoms with E-state index in [4.69, 9.17) is 33.7 Å². The molecule has 2 atom stereocenters. The standard InChI is InChI=1S/C24H27N3O4.C19H19N3O2.CH2Cl2/c1-24(2,3)31-23(30)26-13-11-21(16-5-8-20(28)9-6-16)22(29)27-19-7-4-18-15-25-12-10-17(18)14-19;20-9-7-18(13-2-5-17(23)6-3-13)19(24)22-16-4-1-15-12-21-10-8-14(15)11-16;2-1-3/h4-10,12,14-15,21,28H,11,13H2,1-3H3,(H,26,30)(H,27,29);1-6,8,10-12,18,23H,7,9,20H2,(H,22,24);1H2. The molecule has 12 nitrogen and oxygen atoms in total. The number of hydrogen-bond donors (Lipinski definition) is 6. The Morgan fingerprint density at radius 2 is 1.10 bits per heavy atom. The molecule has 14 heteroatoms. The molecule has 0 saturated carbocycles. The number of carbonyl (C=O) groups excluding carboxylic acids is 3. The van der Waals surface area contributed by atoms with Gasteiger partial charge in [0.2, 0.25) is 11.8 Å². The van der Waals surface area contributed by atoms with Gasteiger partial charge in [-0.2, -0.15) is 0 Å². The first-order chi connectivity index (χ1) is 27.8. The molecule has 2 heterocycles. The molecule has 58 heavy (non-hydrogen) atoms. The van der Waals surface area contributed by atoms with E-state index in [9.17, 15) is 24.6 Å². The minimum absolute atomic E-state index is 0.112. The highest BCUT2D eigenvalue weighted by Gasteiger charge is 2.23. The number of hydrogen-bond acceptors (Lipinski definition) is 9. The van der Waals surface area contributed by atoms with Crippen LogP contribution in [0.2, 0.25) is 0 Å². The van der Waals surface area contributed by atoms with Gasteiger partial charge in [0.15, 0.2) is 0 Å². The number of rotatable bonds is 11. The van der Waals surface area contributed by atoms with E-state index < -0.39 is 17.6 Å². The van der Waals surface area contributed by atoms with E-state index in [0.29, 0.717) is 25.1 Å². The average molecular weight is 828 g/mol. The van der Waals surface area contributed by atoms with Gasteiger partial charge in [0, 0.05) is 53.5 Å². The summed E-state index contributed by atoms with van der Waals surface area (Å²) >= 11 is 9.53. The van der Waals surface area contributed by atoms with Gasteiger partial charge in [-0.3, -0.25) is 19.6 Å². The van der Waals surface area contributed by atoms with Crippen molar-refractivity contribution in [3.05, 3.63) is 133 Å². The molecule has 7 N–H and O–H groups in total. The van der Waals surface area contributed by atoms with Crippen LogP contribution in [0.1, 0.15) is 56.6 Å². The Morgan fingerprint density at radius 1 is 0.672 bits per heavy atom. The van der Waals surface area contributed by atoms with Crippen LogP contribution in [0.25, 0.3) is 21.5 Å². The minimum atomic E-state index is -0.594. The number of aromatic hydroxyl groups is 2. The number of carbonyl (C=O) groups is 3. The molecule has 3 amide bonds. The average Bonchev–Trinajstić information content (AvgIpc) is 3.19. The van der Waals surface area contributed by atoms with Gasteiger partial charge < -0.3 is 36.6 Å². The van der Waals surface area contributed by atoms with Crippen LogP contribution in [0.5, 0.6) is 11.5 Å². The molecule has 0 radical (unpaired) electrons. The van der Waals surface area contributed by atoms with Gasteiger partial charge in [-0.1, -0.05) is 36.4 Å². The second-order valence-corrected chi connectivity index (χ2v) is 14.8. The Balaban J connectivity index is 0.000000247. The number of alkyl carbamates (subject to hydrolysis) is 1. The van der Waals surface area contributed by atoms with Crippen LogP contribution in [0, 0.1) is 0 Å². The van der Waals surface area contributed by atoms with Gasteiger partial charge in [0.05, 0.1) is 17.2 Å². The molecule has 0 aliphatic carbocycles. The summed E-state index contributed by atoms with van der Waals surface area (Å²) < 4.78 is 5.25. The Morgan fingerprint density at radius 3 is 1.52 bits per heavy atom. The Labute approximate surface area is 347 Å². The number of aromatic nitrogens is 2. The smallest absolute Gasteiger partial charge is 0.407 e. The van der Waals surface area contributed by atoms with E-state index >= 15 is 0 Å². The quantitative estimate of drug-likeness (QED) is 0.0693. The second kappa shape index (κ2) is 22.1. The van der Waals surface area contributed by atoms with Crippen LogP contribution in [-0.2, 0) is 14.3 Å². The number of alkyl halides is 2. The largest absolute Gasteiger partial charge is 0.508 e. The zero-order chi connectivity index (χ0) is 42.1. The molecule has 0 aliphatic heterocycles. The summed E-state index contributed by atoms with van der Waals surface area (Å²) in [6.45, 7) is 6.04. The highest BCUT2D eigenvalue weighted by atomic mass is 35.5. The lowest BCUT2D eigenvalue weighted by Gasteiger charge is -2.21. The molecule has 0 bridgehead atoms. The fourth-order valence-electron chi connectivity index (χ4n) is 5.89. The van der Waals surface area contributed by atoms with Crippen molar-refractivity contribution in [3.8, 4) is 11.5 Å². The van der Waals surface area contributed by atoms with E-state index in [1.165, 1.54) is 0 Å². The molecular weight excluding hydrogens is 779 g/mol. The van der Waals surface area contributed by atoms with Crippen molar-refractivity contribution in [2.75, 3.05) is 29.1 Å². The number of nitrogens with zero attached hydrogens (tertiary/aromatic N) is 2. The summed E-state index contributed by atoms with van der Waals surface area (Å²) in [7, 11) is 0. The lowest BCUT2D eigenvalue weighted by molar-refractivity contribution is -0.118. The van der Waals surface area contributed by atoms with Crippen molar-refractivity contribution in [2.24, 2.45) is 5.73 Å². The number of fused-ring (bicyclic) bond motifs is 2. The first-order valence-electron chi connectivity index (χ1n) is 18.5. The number of nitrogens with two attached hydrogens (primary N) is 1. The van der Waals surface area contributed by atoms with Crippen LogP contribution < -0.4 is 21.7 Å². The number of halogens is 2. The molecule has 0 fully saturated rings. The molecular formula is C44H48Cl2N6O6. The van der Waals surface area contributed by atoms with Crippen molar-refractivity contribution in [3.63, 3.8) is 0 Å². The number of phenolic OH excluding ortho intramolecular Hbond substituents is 2. The normalized spacial score (nSPS) is 11.8. The summed E-state index contributed by atoms with van der Waals surface area (Å²) in [5.74, 6) is -0.899. The molecule has 2 aromatic heterocycles. The molecule has 304 valence electrons. The third-order valence-corrected chi connectivity index (χ3v) is 8.60. The third-order valence-electron chi connectivity index (χ3n) is 8.60. The number of ether oxygens (including phenoxy) is 1. The molecule has 6 rings (SSSR count). The van der Waals surface area contributed by atoms with Gasteiger partial charge in [-0.25, -0.2) is 4.79 Å². The predicted molar refractivity (Wildman–Crippen MR) is 232 cm³/mol. The van der Waals surface area contributed by atoms with Crippen molar-refractivity contribution < 1.29 is 29.3 Å². The van der Waals surface area contributed by atoms with Crippen LogP contribution in [0.3, 0.4) is 0 Å². The highest BCUT2D eigenvalue weighted by molar-refractivity contribution is 6.40. The lowest BCUT2D eigenvalue weighted by atomic mass is 9.94. The summed E-state index contributed by atoms with van der Waals surface area (Å²) in [6, 6.07) is 28.3. The monoisotopic (exact) mass is 826 g/mol. The third kappa shape index (κ3) is 14.2. The molecule has 2 unspecified atom stereocenters. The van der Waals surface area contributed by atoms with E-state index in [1.54, 1.807) is 94.1 Å². The maximum atomic E-state index is 13.1. The molecule has 6 aromatic rings. The predicted octanol–water partition coefficient (Wildman–Crippen LogP) is 9.01. The molecule has 4 aromatic carbocycles. The second-order valence-electron chi connectivity index (χ2n) is 14.0. The van der Waals surface area contributed by atoms with Crippen LogP contribution >= 0.6 is 23.2 Å². The number of phenols is 2. The maximum absolute atomic E-state index is 13.1. The van der Waals surface area contributed by atoms with Gasteiger partial charge in [0.1, 0.15) is 17.1 Å². The topological polar surface area (TPSA) is 189 Å². The maximum Gasteiger partial charge on any atom is 0.407 e. The van der Waals surface area contributed by atoms with E-state index in [0.717, 1.165) is 38.4 Å². The summed E-state index contributed by atoms with van der Waals surface area (Å²) in [4.78, 5) is 45.9. The highest BCUT2D eigenvalue weighted by Crippen LogP contribution is 2.27. The van der Waals surface area contributed by atoms with Crippen LogP contribution in [0.4, 0.5) is 16.2 Å². The number of benzene rings is 4. The molecule has 0 spiro atoms. The van der Waals surface area contributed by atoms with E-state index in [1.807, 2.05) is 48.5 Å². The number of amides is 3. The van der Waals surface area contributed by atoms with Gasteiger partial charge in [0.25, 0.3) is 0 Å². The van der Waals surface area contributed by atoms with Crippen molar-refractivity contribution >= 4 is 74.0 Å². The Bertz CT molecular complexity index is 2250. The summed E-state index contributed by atoms with van der Waals surface area (Å²) in [5.41, 5.74) is 8.06. The SMILES string of the molecule is CC(C)(C)OC(=O)NCCC(C(=O)Nc1ccc2cnccc2c1)c1ccc(O)cc1.ClCCl.NCCC(C(=O)Nc1ccc2cnccc2c1)c1ccc(O)cc1.